The molecule has 4 heteroatoms. The summed E-state index contributed by atoms with van der Waals surface area (Å²) in [5.41, 5.74) is 6.48. The van der Waals surface area contributed by atoms with Crippen molar-refractivity contribution in [2.75, 3.05) is 13.2 Å². The molecule has 0 aliphatic heterocycles. The quantitative estimate of drug-likeness (QED) is 0.709. The van der Waals surface area contributed by atoms with Crippen molar-refractivity contribution in [2.24, 2.45) is 5.73 Å². The molecule has 0 bridgehead atoms. The number of halogens is 1. The molecule has 1 aromatic carbocycles. The molecule has 0 radical (unpaired) electrons. The number of aliphatic hydroxyl groups is 2. The van der Waals surface area contributed by atoms with Gasteiger partial charge in [0.25, 0.3) is 0 Å². The number of aliphatic hydroxyl groups excluding tert-OH is 2. The first kappa shape index (κ1) is 14.4. The maximum absolute atomic E-state index is 8.93. The van der Waals surface area contributed by atoms with E-state index in [1.54, 1.807) is 0 Å². The second-order valence-electron chi connectivity index (χ2n) is 3.47. The number of rotatable bonds is 5. The standard InChI is InChI=1S/C11H17NO2.ClH/c12-11(6-8-13,7-9-14)10-4-2-1-3-5-10;/h1-5,13-14H,6-9,12H2;1H. The van der Waals surface area contributed by atoms with Crippen LogP contribution in [-0.4, -0.2) is 23.4 Å². The van der Waals surface area contributed by atoms with E-state index < -0.39 is 5.54 Å². The van der Waals surface area contributed by atoms with Crippen LogP contribution in [0.2, 0.25) is 0 Å². The van der Waals surface area contributed by atoms with Gasteiger partial charge in [-0.15, -0.1) is 12.4 Å². The van der Waals surface area contributed by atoms with Crippen LogP contribution < -0.4 is 5.73 Å². The minimum atomic E-state index is -0.606. The van der Waals surface area contributed by atoms with Crippen LogP contribution in [0, 0.1) is 0 Å². The van der Waals surface area contributed by atoms with Crippen molar-refractivity contribution >= 4 is 12.4 Å². The topological polar surface area (TPSA) is 66.5 Å². The van der Waals surface area contributed by atoms with Gasteiger partial charge >= 0.3 is 0 Å². The minimum absolute atomic E-state index is 0. The molecule has 0 amide bonds. The molecule has 0 saturated carbocycles. The molecule has 0 fully saturated rings. The van der Waals surface area contributed by atoms with Gasteiger partial charge in [-0.1, -0.05) is 30.3 Å². The fourth-order valence-electron chi connectivity index (χ4n) is 1.58. The summed E-state index contributed by atoms with van der Waals surface area (Å²) in [6.07, 6.45) is 0.940. The summed E-state index contributed by atoms with van der Waals surface area (Å²) in [4.78, 5) is 0. The molecule has 3 nitrogen and oxygen atoms in total. The second kappa shape index (κ2) is 6.80. The van der Waals surface area contributed by atoms with Crippen molar-refractivity contribution in [3.8, 4) is 0 Å². The molecule has 1 rings (SSSR count). The molecule has 0 spiro atoms. The Morgan fingerprint density at radius 3 is 1.87 bits per heavy atom. The number of benzene rings is 1. The van der Waals surface area contributed by atoms with Gasteiger partial charge in [0, 0.05) is 18.8 Å². The summed E-state index contributed by atoms with van der Waals surface area (Å²) in [6.45, 7) is 0.0663. The highest BCUT2D eigenvalue weighted by Gasteiger charge is 2.25. The van der Waals surface area contributed by atoms with Crippen LogP contribution in [0.3, 0.4) is 0 Å². The Balaban J connectivity index is 0.00000196. The molecule has 0 aliphatic rings. The van der Waals surface area contributed by atoms with Crippen LogP contribution in [0.4, 0.5) is 0 Å². The average molecular weight is 232 g/mol. The van der Waals surface area contributed by atoms with Gasteiger partial charge < -0.3 is 15.9 Å². The first-order chi connectivity index (χ1) is 6.73. The van der Waals surface area contributed by atoms with Gasteiger partial charge in [-0.3, -0.25) is 0 Å². The predicted molar refractivity (Wildman–Crippen MR) is 63.0 cm³/mol. The van der Waals surface area contributed by atoms with Crippen molar-refractivity contribution in [1.82, 2.24) is 0 Å². The van der Waals surface area contributed by atoms with Crippen LogP contribution in [0.15, 0.2) is 30.3 Å². The highest BCUT2D eigenvalue weighted by molar-refractivity contribution is 5.85. The van der Waals surface area contributed by atoms with Crippen LogP contribution in [0.5, 0.6) is 0 Å². The van der Waals surface area contributed by atoms with Gasteiger partial charge in [-0.05, 0) is 18.4 Å². The van der Waals surface area contributed by atoms with E-state index in [9.17, 15) is 0 Å². The highest BCUT2D eigenvalue weighted by atomic mass is 35.5. The average Bonchev–Trinajstić information content (AvgIpc) is 2.20. The van der Waals surface area contributed by atoms with Crippen molar-refractivity contribution in [3.05, 3.63) is 35.9 Å². The van der Waals surface area contributed by atoms with Crippen molar-refractivity contribution in [1.29, 1.82) is 0 Å². The molecule has 1 aromatic rings. The maximum atomic E-state index is 8.93. The second-order valence-corrected chi connectivity index (χ2v) is 3.47. The van der Waals surface area contributed by atoms with E-state index in [2.05, 4.69) is 0 Å². The van der Waals surface area contributed by atoms with Gasteiger partial charge in [-0.25, -0.2) is 0 Å². The minimum Gasteiger partial charge on any atom is -0.396 e. The fraction of sp³-hybridized carbons (Fsp3) is 0.455. The molecular weight excluding hydrogens is 214 g/mol. The number of hydrogen-bond acceptors (Lipinski definition) is 3. The normalized spacial score (nSPS) is 10.9. The number of nitrogens with two attached hydrogens (primary N) is 1. The Kier molecular flexibility index (Phi) is 6.52. The van der Waals surface area contributed by atoms with E-state index in [4.69, 9.17) is 15.9 Å². The summed E-state index contributed by atoms with van der Waals surface area (Å²) in [7, 11) is 0. The van der Waals surface area contributed by atoms with Crippen LogP contribution in [0.25, 0.3) is 0 Å². The Hall–Kier alpha value is -0.610. The molecule has 0 aromatic heterocycles. The zero-order valence-corrected chi connectivity index (χ0v) is 9.41. The lowest BCUT2D eigenvalue weighted by molar-refractivity contribution is 0.193. The van der Waals surface area contributed by atoms with Crippen molar-refractivity contribution < 1.29 is 10.2 Å². The Bertz CT molecular complexity index is 261. The third-order valence-electron chi connectivity index (χ3n) is 2.46. The molecule has 86 valence electrons. The van der Waals surface area contributed by atoms with E-state index in [1.165, 1.54) is 0 Å². The molecule has 0 heterocycles. The van der Waals surface area contributed by atoms with Crippen LogP contribution >= 0.6 is 12.4 Å². The van der Waals surface area contributed by atoms with Crippen molar-refractivity contribution in [3.63, 3.8) is 0 Å². The van der Waals surface area contributed by atoms with E-state index >= 15 is 0 Å². The zero-order chi connectivity index (χ0) is 10.4. The zero-order valence-electron chi connectivity index (χ0n) is 8.60. The first-order valence-electron chi connectivity index (χ1n) is 4.79. The fourth-order valence-corrected chi connectivity index (χ4v) is 1.58. The molecular formula is C11H18ClNO2. The SMILES string of the molecule is Cl.NC(CCO)(CCO)c1ccccc1. The smallest absolute Gasteiger partial charge is 0.0453 e. The summed E-state index contributed by atoms with van der Waals surface area (Å²) in [5, 5.41) is 17.9. The van der Waals surface area contributed by atoms with E-state index in [-0.39, 0.29) is 25.6 Å². The lowest BCUT2D eigenvalue weighted by Gasteiger charge is -2.28. The van der Waals surface area contributed by atoms with E-state index in [1.807, 2.05) is 30.3 Å². The lowest BCUT2D eigenvalue weighted by atomic mass is 9.85. The highest BCUT2D eigenvalue weighted by Crippen LogP contribution is 2.25. The molecule has 0 unspecified atom stereocenters. The molecule has 15 heavy (non-hydrogen) atoms. The largest absolute Gasteiger partial charge is 0.396 e. The van der Waals surface area contributed by atoms with E-state index in [0.717, 1.165) is 5.56 Å². The van der Waals surface area contributed by atoms with Gasteiger partial charge in [-0.2, -0.15) is 0 Å². The predicted octanol–water partition coefficient (Wildman–Crippen LogP) is 1.03. The Labute approximate surface area is 96.3 Å². The van der Waals surface area contributed by atoms with Gasteiger partial charge in [0.15, 0.2) is 0 Å². The third kappa shape index (κ3) is 3.80. The van der Waals surface area contributed by atoms with Gasteiger partial charge in [0.2, 0.25) is 0 Å². The third-order valence-corrected chi connectivity index (χ3v) is 2.46. The maximum Gasteiger partial charge on any atom is 0.0453 e. The Morgan fingerprint density at radius 2 is 1.47 bits per heavy atom. The monoisotopic (exact) mass is 231 g/mol. The molecule has 0 atom stereocenters. The summed E-state index contributed by atoms with van der Waals surface area (Å²) in [6, 6.07) is 9.58. The van der Waals surface area contributed by atoms with Gasteiger partial charge in [0.1, 0.15) is 0 Å². The number of hydrogen-bond donors (Lipinski definition) is 3. The summed E-state index contributed by atoms with van der Waals surface area (Å²) < 4.78 is 0. The summed E-state index contributed by atoms with van der Waals surface area (Å²) >= 11 is 0. The van der Waals surface area contributed by atoms with Crippen LogP contribution in [-0.2, 0) is 5.54 Å². The van der Waals surface area contributed by atoms with Gasteiger partial charge in [0.05, 0.1) is 0 Å². The lowest BCUT2D eigenvalue weighted by Crippen LogP contribution is -2.38. The van der Waals surface area contributed by atoms with Crippen molar-refractivity contribution in [2.45, 2.75) is 18.4 Å². The summed E-state index contributed by atoms with van der Waals surface area (Å²) in [5.74, 6) is 0. The van der Waals surface area contributed by atoms with Crippen LogP contribution in [0.1, 0.15) is 18.4 Å². The molecule has 0 saturated heterocycles. The van der Waals surface area contributed by atoms with E-state index in [0.29, 0.717) is 12.8 Å². The molecule has 4 N–H and O–H groups in total. The molecule has 0 aliphatic carbocycles. The first-order valence-corrected chi connectivity index (χ1v) is 4.79. The Morgan fingerprint density at radius 1 is 1.00 bits per heavy atom.